The third-order valence-corrected chi connectivity index (χ3v) is 10.9. The average molecular weight is 661 g/mol. The molecule has 0 radical (unpaired) electrons. The second-order valence-corrected chi connectivity index (χ2v) is 14.5. The van der Waals surface area contributed by atoms with Crippen LogP contribution in [0.3, 0.4) is 0 Å². The molecule has 0 atom stereocenters. The van der Waals surface area contributed by atoms with Gasteiger partial charge in [-0.1, -0.05) is 125 Å². The summed E-state index contributed by atoms with van der Waals surface area (Å²) in [5, 5.41) is 18.2. The zero-order valence-corrected chi connectivity index (χ0v) is 30.4. The smallest absolute Gasteiger partial charge is 0.336 e. The van der Waals surface area contributed by atoms with Gasteiger partial charge in [-0.25, -0.2) is 9.59 Å². The highest BCUT2D eigenvalue weighted by Crippen LogP contribution is 2.40. The van der Waals surface area contributed by atoms with Crippen LogP contribution in [0.2, 0.25) is 0 Å². The minimum Gasteiger partial charge on any atom is -0.478 e. The number of rotatable bonds is 25. The molecule has 254 valence electrons. The second kappa shape index (κ2) is 26.1. The largest absolute Gasteiger partial charge is 0.478 e. The van der Waals surface area contributed by atoms with Crippen LogP contribution in [0.4, 0.5) is 0 Å². The lowest BCUT2D eigenvalue weighted by molar-refractivity contribution is -0.929. The Labute approximate surface area is 283 Å². The van der Waals surface area contributed by atoms with E-state index in [4.69, 9.17) is 10.2 Å². The molecule has 7 heteroatoms. The van der Waals surface area contributed by atoms with Crippen LogP contribution in [-0.4, -0.2) is 52.8 Å². The number of hydrogen-bond acceptors (Lipinski definition) is 4. The van der Waals surface area contributed by atoms with Crippen LogP contribution in [-0.2, 0) is 0 Å². The molecule has 0 heterocycles. The van der Waals surface area contributed by atoms with E-state index in [0.29, 0.717) is 9.79 Å². The molecule has 0 aliphatic heterocycles. The fourth-order valence-corrected chi connectivity index (χ4v) is 8.04. The van der Waals surface area contributed by atoms with Gasteiger partial charge in [-0.15, -0.1) is 0 Å². The Morgan fingerprint density at radius 2 is 0.778 bits per heavy atom. The topological polar surface area (TPSA) is 74.6 Å². The summed E-state index contributed by atoms with van der Waals surface area (Å²) in [7, 11) is 2.47. The van der Waals surface area contributed by atoms with Crippen molar-refractivity contribution in [2.24, 2.45) is 0 Å². The normalized spacial score (nSPS) is 11.2. The molecule has 0 unspecified atom stereocenters. The average Bonchev–Trinajstić information content (AvgIpc) is 3.05. The predicted octanol–water partition coefficient (Wildman–Crippen LogP) is 12.0. The Bertz CT molecular complexity index is 951. The van der Waals surface area contributed by atoms with Crippen LogP contribution in [0.15, 0.2) is 58.3 Å². The maximum Gasteiger partial charge on any atom is 0.336 e. The third-order valence-electron chi connectivity index (χ3n) is 8.40. The molecule has 0 aliphatic rings. The minimum absolute atomic E-state index is 0.206. The molecular weight excluding hydrogens is 599 g/mol. The molecule has 0 bridgehead atoms. The number of aromatic carboxylic acids is 2. The first-order valence-corrected chi connectivity index (χ1v) is 19.8. The Morgan fingerprint density at radius 1 is 0.489 bits per heavy atom. The highest BCUT2D eigenvalue weighted by atomic mass is 33.1. The van der Waals surface area contributed by atoms with Crippen LogP contribution >= 0.6 is 21.6 Å². The van der Waals surface area contributed by atoms with Gasteiger partial charge in [-0.3, -0.25) is 0 Å². The van der Waals surface area contributed by atoms with Gasteiger partial charge >= 0.3 is 11.9 Å². The van der Waals surface area contributed by atoms with Gasteiger partial charge in [-0.2, -0.15) is 0 Å². The summed E-state index contributed by atoms with van der Waals surface area (Å²) in [4.78, 5) is 23.4. The first kappa shape index (κ1) is 41.1. The SMILES string of the molecule is CCCCCC[N+](CCCCCC)(CCCCCC)CCCCCC.O=C(O)c1ccccc1SSc1ccccc1C(=O)O. The summed E-state index contributed by atoms with van der Waals surface area (Å²) in [6.45, 7) is 15.2. The monoisotopic (exact) mass is 660 g/mol. The van der Waals surface area contributed by atoms with Crippen molar-refractivity contribution >= 4 is 33.5 Å². The van der Waals surface area contributed by atoms with E-state index < -0.39 is 11.9 Å². The lowest BCUT2D eigenvalue weighted by atomic mass is 10.1. The number of quaternary nitrogens is 1. The maximum absolute atomic E-state index is 11.1. The van der Waals surface area contributed by atoms with Crippen LogP contribution in [0, 0.1) is 0 Å². The fourth-order valence-electron chi connectivity index (χ4n) is 5.69. The van der Waals surface area contributed by atoms with E-state index in [1.807, 2.05) is 0 Å². The standard InChI is InChI=1S/C24H52N.C14H10O4S2/c1-5-9-13-17-21-25(22-18-14-10-6-2,23-19-15-11-7-3)24-20-16-12-8-4;15-13(16)9-5-1-3-7-11(9)19-20-12-8-4-2-6-10(12)14(17)18/h5-24H2,1-4H3;1-8H,(H,15,16)(H,17,18)/q+1;. The van der Waals surface area contributed by atoms with Crippen LogP contribution in [0.5, 0.6) is 0 Å². The van der Waals surface area contributed by atoms with E-state index in [0.717, 1.165) is 0 Å². The number of hydrogen-bond donors (Lipinski definition) is 2. The molecule has 2 aromatic rings. The summed E-state index contributed by atoms with van der Waals surface area (Å²) >= 11 is 0. The fraction of sp³-hybridized carbons (Fsp3) is 0.632. The summed E-state index contributed by atoms with van der Waals surface area (Å²) in [5.41, 5.74) is 0.413. The molecule has 0 aliphatic carbocycles. The summed E-state index contributed by atoms with van der Waals surface area (Å²) in [6.07, 6.45) is 22.8. The van der Waals surface area contributed by atoms with E-state index in [9.17, 15) is 9.59 Å². The van der Waals surface area contributed by atoms with Gasteiger partial charge in [0.25, 0.3) is 0 Å². The lowest BCUT2D eigenvalue weighted by Gasteiger charge is -2.39. The van der Waals surface area contributed by atoms with E-state index in [2.05, 4.69) is 27.7 Å². The van der Waals surface area contributed by atoms with E-state index >= 15 is 0 Å². The van der Waals surface area contributed by atoms with Gasteiger partial charge in [0.05, 0.1) is 37.3 Å². The molecule has 2 rings (SSSR count). The highest BCUT2D eigenvalue weighted by Gasteiger charge is 2.25. The van der Waals surface area contributed by atoms with Gasteiger partial charge in [0, 0.05) is 9.79 Å². The number of carboxylic acid groups (broad SMARTS) is 2. The summed E-state index contributed by atoms with van der Waals surface area (Å²) in [5.74, 6) is -2.00. The Morgan fingerprint density at radius 3 is 1.04 bits per heavy atom. The number of carboxylic acids is 2. The molecule has 0 saturated carbocycles. The minimum atomic E-state index is -1.000. The first-order valence-electron chi connectivity index (χ1n) is 17.7. The lowest BCUT2D eigenvalue weighted by Crippen LogP contribution is -2.50. The molecule has 0 aromatic heterocycles. The molecule has 0 fully saturated rings. The van der Waals surface area contributed by atoms with E-state index in [-0.39, 0.29) is 11.1 Å². The van der Waals surface area contributed by atoms with Crippen molar-refractivity contribution in [3.63, 3.8) is 0 Å². The Balaban J connectivity index is 0.000000459. The van der Waals surface area contributed by atoms with Crippen molar-refractivity contribution in [3.8, 4) is 0 Å². The van der Waals surface area contributed by atoms with Gasteiger partial charge in [0.1, 0.15) is 0 Å². The second-order valence-electron chi connectivity index (χ2n) is 12.2. The van der Waals surface area contributed by atoms with Crippen molar-refractivity contribution in [3.05, 3.63) is 59.7 Å². The van der Waals surface area contributed by atoms with E-state index in [1.54, 1.807) is 36.4 Å². The molecule has 2 N–H and O–H groups in total. The number of nitrogens with zero attached hydrogens (tertiary/aromatic N) is 1. The van der Waals surface area contributed by atoms with Gasteiger partial charge in [-0.05, 0) is 75.6 Å². The zero-order valence-electron chi connectivity index (χ0n) is 28.7. The Kier molecular flexibility index (Phi) is 23.9. The van der Waals surface area contributed by atoms with Crippen molar-refractivity contribution in [2.75, 3.05) is 26.2 Å². The Hall–Kier alpha value is -1.96. The first-order chi connectivity index (χ1) is 21.8. The van der Waals surface area contributed by atoms with Gasteiger partial charge < -0.3 is 14.7 Å². The third kappa shape index (κ3) is 18.1. The molecule has 0 saturated heterocycles. The molecule has 45 heavy (non-hydrogen) atoms. The number of benzene rings is 2. The summed E-state index contributed by atoms with van der Waals surface area (Å²) < 4.78 is 1.46. The number of unbranched alkanes of at least 4 members (excludes halogenated alkanes) is 12. The molecule has 0 spiro atoms. The van der Waals surface area contributed by atoms with Crippen LogP contribution in [0.25, 0.3) is 0 Å². The molecule has 2 aromatic carbocycles. The quantitative estimate of drug-likeness (QED) is 0.0627. The summed E-state index contributed by atoms with van der Waals surface area (Å²) in [6, 6.07) is 13.3. The van der Waals surface area contributed by atoms with Gasteiger partial charge in [0.2, 0.25) is 0 Å². The molecular formula is C38H62NO4S2+. The zero-order chi connectivity index (χ0) is 33.2. The van der Waals surface area contributed by atoms with Crippen molar-refractivity contribution < 1.29 is 24.3 Å². The maximum atomic E-state index is 11.1. The highest BCUT2D eigenvalue weighted by molar-refractivity contribution is 8.76. The number of carbonyl (C=O) groups is 2. The van der Waals surface area contributed by atoms with Crippen molar-refractivity contribution in [1.29, 1.82) is 0 Å². The van der Waals surface area contributed by atoms with E-state index in [1.165, 1.54) is 167 Å². The predicted molar refractivity (Wildman–Crippen MR) is 195 cm³/mol. The van der Waals surface area contributed by atoms with Crippen molar-refractivity contribution in [2.45, 2.75) is 140 Å². The van der Waals surface area contributed by atoms with Gasteiger partial charge in [0.15, 0.2) is 0 Å². The van der Waals surface area contributed by atoms with Crippen LogP contribution in [0.1, 0.15) is 151 Å². The molecule has 5 nitrogen and oxygen atoms in total. The van der Waals surface area contributed by atoms with Crippen molar-refractivity contribution in [1.82, 2.24) is 0 Å². The molecule has 0 amide bonds. The van der Waals surface area contributed by atoms with Crippen LogP contribution < -0.4 is 0 Å².